The lowest BCUT2D eigenvalue weighted by molar-refractivity contribution is -0.146. The van der Waals surface area contributed by atoms with Crippen LogP contribution in [-0.4, -0.2) is 36.7 Å². The van der Waals surface area contributed by atoms with Crippen molar-refractivity contribution in [2.75, 3.05) is 0 Å². The van der Waals surface area contributed by atoms with Crippen molar-refractivity contribution in [1.82, 2.24) is 0 Å². The van der Waals surface area contributed by atoms with Gasteiger partial charge in [-0.25, -0.2) is 4.79 Å². The molecule has 4 nitrogen and oxygen atoms in total. The molecule has 0 aromatic rings. The van der Waals surface area contributed by atoms with E-state index in [0.29, 0.717) is 6.42 Å². The highest BCUT2D eigenvalue weighted by Gasteiger charge is 2.40. The fourth-order valence-electron chi connectivity index (χ4n) is 2.60. The number of carboxylic acids is 1. The lowest BCUT2D eigenvalue weighted by Gasteiger charge is -2.38. The topological polar surface area (TPSA) is 66.8 Å². The largest absolute Gasteiger partial charge is 0.479 e. The Labute approximate surface area is 156 Å². The third-order valence-corrected chi connectivity index (χ3v) is 9.90. The van der Waals surface area contributed by atoms with Crippen molar-refractivity contribution in [2.45, 2.75) is 122 Å². The number of carboxylic acid groups (broad SMARTS) is 1. The van der Waals surface area contributed by atoms with Crippen molar-refractivity contribution in [3.8, 4) is 0 Å². The van der Waals surface area contributed by atoms with Gasteiger partial charge in [-0.05, 0) is 37.4 Å². The van der Waals surface area contributed by atoms with Gasteiger partial charge in [0.1, 0.15) is 6.10 Å². The van der Waals surface area contributed by atoms with Crippen molar-refractivity contribution in [1.29, 1.82) is 0 Å². The van der Waals surface area contributed by atoms with E-state index in [1.165, 1.54) is 19.3 Å². The van der Waals surface area contributed by atoms with Crippen LogP contribution >= 0.6 is 0 Å². The Balaban J connectivity index is 4.04. The minimum atomic E-state index is -2.06. The van der Waals surface area contributed by atoms with Crippen molar-refractivity contribution < 1.29 is 19.4 Å². The third kappa shape index (κ3) is 11.0. The monoisotopic (exact) mass is 374 g/mol. The van der Waals surface area contributed by atoms with Crippen molar-refractivity contribution in [2.24, 2.45) is 0 Å². The summed E-state index contributed by atoms with van der Waals surface area (Å²) in [4.78, 5) is 11.5. The van der Waals surface area contributed by atoms with Crippen LogP contribution in [0.2, 0.25) is 18.1 Å². The molecule has 150 valence electrons. The van der Waals surface area contributed by atoms with Gasteiger partial charge in [-0.15, -0.1) is 0 Å². The Bertz CT molecular complexity index is 363. The van der Waals surface area contributed by atoms with Gasteiger partial charge in [0.25, 0.3) is 0 Å². The van der Waals surface area contributed by atoms with E-state index >= 15 is 0 Å². The molecule has 0 saturated heterocycles. The summed E-state index contributed by atoms with van der Waals surface area (Å²) in [5, 5.41) is 19.4. The van der Waals surface area contributed by atoms with E-state index in [1.807, 2.05) is 0 Å². The first-order chi connectivity index (χ1) is 11.5. The van der Waals surface area contributed by atoms with Gasteiger partial charge in [0.15, 0.2) is 8.32 Å². The van der Waals surface area contributed by atoms with E-state index in [-0.39, 0.29) is 11.1 Å². The third-order valence-electron chi connectivity index (χ3n) is 5.41. The van der Waals surface area contributed by atoms with Gasteiger partial charge in [0.05, 0.1) is 6.10 Å². The van der Waals surface area contributed by atoms with Crippen LogP contribution in [0.15, 0.2) is 0 Å². The second kappa shape index (κ2) is 12.1. The fourth-order valence-corrected chi connectivity index (χ4v) is 3.89. The predicted molar refractivity (Wildman–Crippen MR) is 108 cm³/mol. The Hall–Kier alpha value is -0.393. The number of rotatable bonds is 14. The van der Waals surface area contributed by atoms with E-state index in [1.54, 1.807) is 0 Å². The molecule has 2 atom stereocenters. The highest BCUT2D eigenvalue weighted by molar-refractivity contribution is 6.74. The SMILES string of the molecule is CCCCCC[C@@H](O)CCCCC[C@@H](O[Si](C)(C)C(C)(C)C)C(=O)O. The van der Waals surface area contributed by atoms with Crippen LogP contribution in [0.25, 0.3) is 0 Å². The molecular weight excluding hydrogens is 332 g/mol. The first kappa shape index (κ1) is 24.6. The highest BCUT2D eigenvalue weighted by Crippen LogP contribution is 2.37. The summed E-state index contributed by atoms with van der Waals surface area (Å²) in [5.74, 6) is -0.846. The van der Waals surface area contributed by atoms with E-state index in [4.69, 9.17) is 4.43 Å². The summed E-state index contributed by atoms with van der Waals surface area (Å²) in [6.07, 6.45) is 8.93. The van der Waals surface area contributed by atoms with Crippen molar-refractivity contribution in [3.05, 3.63) is 0 Å². The Morgan fingerprint density at radius 3 is 1.88 bits per heavy atom. The standard InChI is InChI=1S/C20H42O4Si/c1-7-8-9-11-14-17(21)15-12-10-13-16-18(19(22)23)24-25(5,6)20(2,3)4/h17-18,21H,7-16H2,1-6H3,(H,22,23)/t17-,18-/m1/s1. The molecule has 25 heavy (non-hydrogen) atoms. The predicted octanol–water partition coefficient (Wildman–Crippen LogP) is 5.74. The molecule has 2 N–H and O–H groups in total. The molecule has 0 saturated carbocycles. The van der Waals surface area contributed by atoms with Crippen LogP contribution in [0.5, 0.6) is 0 Å². The summed E-state index contributed by atoms with van der Waals surface area (Å²) in [5.41, 5.74) is 0. The minimum absolute atomic E-state index is 0.0165. The number of aliphatic hydroxyl groups excluding tert-OH is 1. The highest BCUT2D eigenvalue weighted by atomic mass is 28.4. The number of hydrogen-bond acceptors (Lipinski definition) is 3. The molecule has 0 aliphatic rings. The first-order valence-electron chi connectivity index (χ1n) is 10.1. The first-order valence-corrected chi connectivity index (χ1v) is 13.0. The fraction of sp³-hybridized carbons (Fsp3) is 0.950. The maximum absolute atomic E-state index is 11.5. The van der Waals surface area contributed by atoms with Gasteiger partial charge in [0.2, 0.25) is 0 Å². The molecule has 0 fully saturated rings. The normalized spacial score (nSPS) is 15.2. The van der Waals surface area contributed by atoms with Crippen LogP contribution in [0, 0.1) is 0 Å². The van der Waals surface area contributed by atoms with Gasteiger partial charge in [-0.3, -0.25) is 0 Å². The second-order valence-electron chi connectivity index (χ2n) is 8.85. The van der Waals surface area contributed by atoms with Gasteiger partial charge >= 0.3 is 5.97 Å². The van der Waals surface area contributed by atoms with Crippen LogP contribution in [-0.2, 0) is 9.22 Å². The molecular formula is C20H42O4Si. The van der Waals surface area contributed by atoms with Gasteiger partial charge in [0, 0.05) is 0 Å². The molecule has 5 heteroatoms. The van der Waals surface area contributed by atoms with E-state index < -0.39 is 20.4 Å². The number of carbonyl (C=O) groups is 1. The zero-order valence-electron chi connectivity index (χ0n) is 17.4. The molecule has 0 rings (SSSR count). The van der Waals surface area contributed by atoms with Crippen LogP contribution in [0.3, 0.4) is 0 Å². The quantitative estimate of drug-likeness (QED) is 0.300. The molecule has 0 bridgehead atoms. The summed E-state index contributed by atoms with van der Waals surface area (Å²) in [6, 6.07) is 0. The lowest BCUT2D eigenvalue weighted by Crippen LogP contribution is -2.46. The van der Waals surface area contributed by atoms with Crippen LogP contribution < -0.4 is 0 Å². The molecule has 0 aliphatic carbocycles. The molecule has 0 radical (unpaired) electrons. The molecule has 0 amide bonds. The minimum Gasteiger partial charge on any atom is -0.479 e. The van der Waals surface area contributed by atoms with Crippen molar-refractivity contribution >= 4 is 14.3 Å². The lowest BCUT2D eigenvalue weighted by atomic mass is 10.0. The van der Waals surface area contributed by atoms with Gasteiger partial charge in [-0.1, -0.05) is 72.6 Å². The summed E-state index contributed by atoms with van der Waals surface area (Å²) in [7, 11) is -2.06. The number of aliphatic carboxylic acids is 1. The Morgan fingerprint density at radius 1 is 0.960 bits per heavy atom. The number of unbranched alkanes of at least 4 members (excludes halogenated alkanes) is 5. The molecule has 0 heterocycles. The number of aliphatic hydroxyl groups is 1. The number of hydrogen-bond donors (Lipinski definition) is 2. The molecule has 0 aliphatic heterocycles. The average Bonchev–Trinajstić information content (AvgIpc) is 2.48. The summed E-state index contributed by atoms with van der Waals surface area (Å²) < 4.78 is 6.06. The van der Waals surface area contributed by atoms with E-state index in [0.717, 1.165) is 38.5 Å². The van der Waals surface area contributed by atoms with Crippen LogP contribution in [0.4, 0.5) is 0 Å². The van der Waals surface area contributed by atoms with Crippen LogP contribution in [0.1, 0.15) is 91.9 Å². The molecule has 0 aromatic carbocycles. The molecule has 0 aromatic heterocycles. The van der Waals surface area contributed by atoms with Crippen molar-refractivity contribution in [3.63, 3.8) is 0 Å². The zero-order chi connectivity index (χ0) is 19.5. The summed E-state index contributed by atoms with van der Waals surface area (Å²) >= 11 is 0. The van der Waals surface area contributed by atoms with Gasteiger partial charge < -0.3 is 14.6 Å². The van der Waals surface area contributed by atoms with E-state index in [2.05, 4.69) is 40.8 Å². The maximum Gasteiger partial charge on any atom is 0.331 e. The Kier molecular flexibility index (Phi) is 11.9. The molecule has 0 spiro atoms. The second-order valence-corrected chi connectivity index (χ2v) is 13.6. The van der Waals surface area contributed by atoms with Gasteiger partial charge in [-0.2, -0.15) is 0 Å². The zero-order valence-corrected chi connectivity index (χ0v) is 18.4. The summed E-state index contributed by atoms with van der Waals surface area (Å²) in [6.45, 7) is 12.8. The Morgan fingerprint density at radius 2 is 1.44 bits per heavy atom. The van der Waals surface area contributed by atoms with E-state index in [9.17, 15) is 15.0 Å². The average molecular weight is 375 g/mol. The maximum atomic E-state index is 11.5. The molecule has 0 unspecified atom stereocenters. The smallest absolute Gasteiger partial charge is 0.331 e.